The summed E-state index contributed by atoms with van der Waals surface area (Å²) in [6.07, 6.45) is 1.01. The normalized spacial score (nSPS) is 18.2. The Bertz CT molecular complexity index is 394. The van der Waals surface area contributed by atoms with Crippen LogP contribution in [0.15, 0.2) is 0 Å². The van der Waals surface area contributed by atoms with Crippen molar-refractivity contribution in [3.63, 3.8) is 0 Å². The van der Waals surface area contributed by atoms with Crippen LogP contribution in [-0.2, 0) is 11.3 Å². The maximum atomic E-state index is 11.7. The van der Waals surface area contributed by atoms with Gasteiger partial charge in [-0.25, -0.2) is 0 Å². The standard InChI is InChI=1S/C10H17N5OS/c1-11-10-13-12-8(17-10)6-15-5-3-4-14(2)9(16)7-15/h3-7H2,1-2H3,(H,11,13). The van der Waals surface area contributed by atoms with Crippen LogP contribution < -0.4 is 5.32 Å². The van der Waals surface area contributed by atoms with E-state index in [1.165, 1.54) is 11.3 Å². The molecule has 0 saturated carbocycles. The van der Waals surface area contributed by atoms with Gasteiger partial charge >= 0.3 is 0 Å². The second-order valence-corrected chi connectivity index (χ2v) is 5.19. The van der Waals surface area contributed by atoms with Crippen molar-refractivity contribution in [2.45, 2.75) is 13.0 Å². The smallest absolute Gasteiger partial charge is 0.236 e. The summed E-state index contributed by atoms with van der Waals surface area (Å²) >= 11 is 1.54. The van der Waals surface area contributed by atoms with Crippen LogP contribution in [-0.4, -0.2) is 59.6 Å². The summed E-state index contributed by atoms with van der Waals surface area (Å²) in [6.45, 7) is 2.96. The second-order valence-electron chi connectivity index (χ2n) is 4.13. The van der Waals surface area contributed by atoms with Gasteiger partial charge in [-0.2, -0.15) is 0 Å². The molecule has 2 rings (SSSR count). The van der Waals surface area contributed by atoms with E-state index in [-0.39, 0.29) is 5.91 Å². The molecule has 0 aliphatic carbocycles. The van der Waals surface area contributed by atoms with Crippen LogP contribution in [0.2, 0.25) is 0 Å². The van der Waals surface area contributed by atoms with Crippen LogP contribution in [0.4, 0.5) is 5.13 Å². The van der Waals surface area contributed by atoms with Gasteiger partial charge in [-0.05, 0) is 6.42 Å². The van der Waals surface area contributed by atoms with E-state index in [0.29, 0.717) is 13.1 Å². The number of nitrogens with one attached hydrogen (secondary N) is 1. The van der Waals surface area contributed by atoms with Gasteiger partial charge in [-0.3, -0.25) is 9.69 Å². The van der Waals surface area contributed by atoms with Gasteiger partial charge in [0.05, 0.1) is 13.1 Å². The van der Waals surface area contributed by atoms with Crippen molar-refractivity contribution in [2.75, 3.05) is 39.0 Å². The fraction of sp³-hybridized carbons (Fsp3) is 0.700. The van der Waals surface area contributed by atoms with E-state index in [1.54, 1.807) is 4.90 Å². The molecule has 0 radical (unpaired) electrons. The van der Waals surface area contributed by atoms with Gasteiger partial charge in [-0.15, -0.1) is 10.2 Å². The molecular formula is C10H17N5OS. The highest BCUT2D eigenvalue weighted by Crippen LogP contribution is 2.16. The second kappa shape index (κ2) is 5.42. The van der Waals surface area contributed by atoms with Gasteiger partial charge in [0.1, 0.15) is 5.01 Å². The number of hydrogen-bond acceptors (Lipinski definition) is 6. The molecule has 1 aromatic rings. The van der Waals surface area contributed by atoms with Gasteiger partial charge in [0, 0.05) is 27.2 Å². The van der Waals surface area contributed by atoms with E-state index in [2.05, 4.69) is 20.4 Å². The Morgan fingerprint density at radius 1 is 1.41 bits per heavy atom. The van der Waals surface area contributed by atoms with Crippen molar-refractivity contribution >= 4 is 22.4 Å². The number of aromatic nitrogens is 2. The third-order valence-corrected chi connectivity index (χ3v) is 3.72. The first-order valence-electron chi connectivity index (χ1n) is 5.65. The van der Waals surface area contributed by atoms with E-state index in [4.69, 9.17) is 0 Å². The molecule has 0 spiro atoms. The molecule has 6 nitrogen and oxygen atoms in total. The largest absolute Gasteiger partial charge is 0.363 e. The summed E-state index contributed by atoms with van der Waals surface area (Å²) in [4.78, 5) is 15.6. The summed E-state index contributed by atoms with van der Waals surface area (Å²) < 4.78 is 0. The highest BCUT2D eigenvalue weighted by molar-refractivity contribution is 7.15. The van der Waals surface area contributed by atoms with E-state index in [1.807, 2.05) is 14.1 Å². The molecule has 1 fully saturated rings. The molecule has 1 aromatic heterocycles. The monoisotopic (exact) mass is 255 g/mol. The predicted octanol–water partition coefficient (Wildman–Crippen LogP) is 0.244. The van der Waals surface area contributed by atoms with Gasteiger partial charge in [0.2, 0.25) is 11.0 Å². The Hall–Kier alpha value is -1.21. The van der Waals surface area contributed by atoms with Crippen molar-refractivity contribution in [3.8, 4) is 0 Å². The molecule has 0 unspecified atom stereocenters. The highest BCUT2D eigenvalue weighted by Gasteiger charge is 2.19. The topological polar surface area (TPSA) is 61.4 Å². The van der Waals surface area contributed by atoms with Crippen molar-refractivity contribution in [1.29, 1.82) is 0 Å². The average molecular weight is 255 g/mol. The quantitative estimate of drug-likeness (QED) is 0.838. The average Bonchev–Trinajstić information content (AvgIpc) is 2.69. The van der Waals surface area contributed by atoms with Crippen molar-refractivity contribution < 1.29 is 4.79 Å². The zero-order valence-electron chi connectivity index (χ0n) is 10.1. The van der Waals surface area contributed by atoms with E-state index < -0.39 is 0 Å². The van der Waals surface area contributed by atoms with Crippen LogP contribution >= 0.6 is 11.3 Å². The van der Waals surface area contributed by atoms with Crippen LogP contribution in [0, 0.1) is 0 Å². The van der Waals surface area contributed by atoms with E-state index in [9.17, 15) is 4.79 Å². The first-order valence-corrected chi connectivity index (χ1v) is 6.47. The molecule has 0 atom stereocenters. The Labute approximate surface area is 105 Å². The number of carbonyl (C=O) groups is 1. The molecule has 94 valence electrons. The number of carbonyl (C=O) groups excluding carboxylic acids is 1. The SMILES string of the molecule is CNc1nnc(CN2CCCN(C)C(=O)C2)s1. The highest BCUT2D eigenvalue weighted by atomic mass is 32.1. The van der Waals surface area contributed by atoms with Gasteiger partial charge in [0.15, 0.2) is 0 Å². The Kier molecular flexibility index (Phi) is 3.90. The lowest BCUT2D eigenvalue weighted by atomic mass is 10.4. The summed E-state index contributed by atoms with van der Waals surface area (Å²) in [5, 5.41) is 12.8. The number of nitrogens with zero attached hydrogens (tertiary/aromatic N) is 4. The summed E-state index contributed by atoms with van der Waals surface area (Å²) in [7, 11) is 3.69. The van der Waals surface area contributed by atoms with Gasteiger partial charge in [-0.1, -0.05) is 11.3 Å². The number of rotatable bonds is 3. The Balaban J connectivity index is 1.96. The predicted molar refractivity (Wildman–Crippen MR) is 67.0 cm³/mol. The van der Waals surface area contributed by atoms with Crippen LogP contribution in [0.25, 0.3) is 0 Å². The number of hydrogen-bond donors (Lipinski definition) is 1. The number of anilines is 1. The summed E-state index contributed by atoms with van der Waals surface area (Å²) in [5.74, 6) is 0.181. The summed E-state index contributed by atoms with van der Waals surface area (Å²) in [5.41, 5.74) is 0. The Morgan fingerprint density at radius 3 is 2.94 bits per heavy atom. The maximum absolute atomic E-state index is 11.7. The molecule has 1 saturated heterocycles. The molecule has 1 aliphatic heterocycles. The van der Waals surface area contributed by atoms with Crippen LogP contribution in [0.5, 0.6) is 0 Å². The van der Waals surface area contributed by atoms with Gasteiger partial charge < -0.3 is 10.2 Å². The minimum Gasteiger partial charge on any atom is -0.363 e. The third kappa shape index (κ3) is 3.13. The third-order valence-electron chi connectivity index (χ3n) is 2.79. The first kappa shape index (κ1) is 12.3. The maximum Gasteiger partial charge on any atom is 0.236 e. The van der Waals surface area contributed by atoms with E-state index in [0.717, 1.165) is 29.6 Å². The number of likely N-dealkylation sites (N-methyl/N-ethyl adjacent to an activating group) is 1. The Morgan fingerprint density at radius 2 is 2.24 bits per heavy atom. The lowest BCUT2D eigenvalue weighted by Crippen LogP contribution is -2.34. The molecule has 1 amide bonds. The number of amides is 1. The lowest BCUT2D eigenvalue weighted by Gasteiger charge is -2.17. The molecule has 1 aliphatic rings. The van der Waals surface area contributed by atoms with Crippen molar-refractivity contribution in [2.24, 2.45) is 0 Å². The zero-order valence-corrected chi connectivity index (χ0v) is 11.0. The van der Waals surface area contributed by atoms with Gasteiger partial charge in [0.25, 0.3) is 0 Å². The molecule has 0 aromatic carbocycles. The molecule has 2 heterocycles. The van der Waals surface area contributed by atoms with E-state index >= 15 is 0 Å². The van der Waals surface area contributed by atoms with Crippen LogP contribution in [0.3, 0.4) is 0 Å². The summed E-state index contributed by atoms with van der Waals surface area (Å²) in [6, 6.07) is 0. The fourth-order valence-electron chi connectivity index (χ4n) is 1.79. The van der Waals surface area contributed by atoms with Crippen molar-refractivity contribution in [1.82, 2.24) is 20.0 Å². The minimum atomic E-state index is 0.181. The molecule has 0 bridgehead atoms. The van der Waals surface area contributed by atoms with Crippen LogP contribution in [0.1, 0.15) is 11.4 Å². The molecule has 1 N–H and O–H groups in total. The fourth-order valence-corrected chi connectivity index (χ4v) is 2.53. The molecule has 17 heavy (non-hydrogen) atoms. The zero-order chi connectivity index (χ0) is 12.3. The molecular weight excluding hydrogens is 238 g/mol. The lowest BCUT2D eigenvalue weighted by molar-refractivity contribution is -0.129. The first-order chi connectivity index (χ1) is 8.19. The van der Waals surface area contributed by atoms with Crippen molar-refractivity contribution in [3.05, 3.63) is 5.01 Å². The molecule has 7 heteroatoms. The minimum absolute atomic E-state index is 0.181.